The van der Waals surface area contributed by atoms with Gasteiger partial charge in [-0.2, -0.15) is 0 Å². The van der Waals surface area contributed by atoms with Gasteiger partial charge >= 0.3 is 0 Å². The molecule has 0 bridgehead atoms. The Balaban J connectivity index is 1.26. The van der Waals surface area contributed by atoms with Gasteiger partial charge in [0.05, 0.1) is 18.6 Å². The highest BCUT2D eigenvalue weighted by Crippen LogP contribution is 2.52. The van der Waals surface area contributed by atoms with Crippen molar-refractivity contribution in [3.63, 3.8) is 0 Å². The van der Waals surface area contributed by atoms with Crippen LogP contribution in [0, 0.1) is 0 Å². The Kier molecular flexibility index (Phi) is 5.47. The van der Waals surface area contributed by atoms with E-state index in [-0.39, 0.29) is 17.4 Å². The van der Waals surface area contributed by atoms with Crippen LogP contribution in [0.25, 0.3) is 10.9 Å². The molecule has 7 heteroatoms. The van der Waals surface area contributed by atoms with Crippen LogP contribution < -0.4 is 14.8 Å². The molecule has 3 aliphatic rings. The minimum absolute atomic E-state index is 0.0110. The Morgan fingerprint density at radius 2 is 1.71 bits per heavy atom. The first-order valence-electron chi connectivity index (χ1n) is 13.5. The molecule has 6 rings (SSSR count). The fraction of sp³-hybridized carbons (Fsp3) is 0.516. The van der Waals surface area contributed by atoms with Gasteiger partial charge in [0.2, 0.25) is 11.7 Å². The number of hydrogen-bond acceptors (Lipinski definition) is 5. The molecule has 202 valence electrons. The van der Waals surface area contributed by atoms with Crippen LogP contribution in [0.1, 0.15) is 72.6 Å². The summed E-state index contributed by atoms with van der Waals surface area (Å²) in [6.45, 7) is 15.6. The SMILES string of the molecule is CC1(C)Oc2ccc(C3(C(=O)Nc4ccc5c(c4)cc(C(C)(C)C)n5CC4COC(C)(C)O4)CC3)cc2O1. The first kappa shape index (κ1) is 25.3. The maximum atomic E-state index is 13.6. The quantitative estimate of drug-likeness (QED) is 0.431. The number of hydrogen-bond donors (Lipinski definition) is 1. The summed E-state index contributed by atoms with van der Waals surface area (Å²) in [5, 5.41) is 4.30. The van der Waals surface area contributed by atoms with Gasteiger partial charge in [0.25, 0.3) is 0 Å². The minimum Gasteiger partial charge on any atom is -0.449 e. The summed E-state index contributed by atoms with van der Waals surface area (Å²) >= 11 is 0. The van der Waals surface area contributed by atoms with Gasteiger partial charge in [-0.25, -0.2) is 0 Å². The zero-order chi connectivity index (χ0) is 27.1. The molecule has 7 nitrogen and oxygen atoms in total. The summed E-state index contributed by atoms with van der Waals surface area (Å²) < 4.78 is 26.0. The summed E-state index contributed by atoms with van der Waals surface area (Å²) in [6, 6.07) is 14.3. The van der Waals surface area contributed by atoms with Crippen molar-refractivity contribution in [1.82, 2.24) is 4.57 Å². The van der Waals surface area contributed by atoms with Crippen LogP contribution in [-0.4, -0.2) is 34.8 Å². The number of rotatable bonds is 5. The van der Waals surface area contributed by atoms with Crippen LogP contribution in [0.5, 0.6) is 11.5 Å². The average Bonchev–Trinajstić information content (AvgIpc) is 3.32. The topological polar surface area (TPSA) is 71.0 Å². The van der Waals surface area contributed by atoms with E-state index in [1.54, 1.807) is 0 Å². The van der Waals surface area contributed by atoms with Crippen LogP contribution in [0.2, 0.25) is 0 Å². The van der Waals surface area contributed by atoms with Crippen LogP contribution >= 0.6 is 0 Å². The van der Waals surface area contributed by atoms with Crippen molar-refractivity contribution in [1.29, 1.82) is 0 Å². The molecule has 1 N–H and O–H groups in total. The van der Waals surface area contributed by atoms with Gasteiger partial charge in [-0.3, -0.25) is 4.79 Å². The third-order valence-electron chi connectivity index (χ3n) is 7.77. The number of benzene rings is 2. The highest BCUT2D eigenvalue weighted by atomic mass is 16.7. The molecule has 1 atom stereocenters. The van der Waals surface area contributed by atoms with E-state index in [4.69, 9.17) is 18.9 Å². The van der Waals surface area contributed by atoms with E-state index < -0.39 is 17.0 Å². The Hall–Kier alpha value is -3.03. The summed E-state index contributed by atoms with van der Waals surface area (Å²) in [7, 11) is 0. The average molecular weight is 519 g/mol. The van der Waals surface area contributed by atoms with E-state index in [0.717, 1.165) is 47.3 Å². The van der Waals surface area contributed by atoms with Crippen LogP contribution in [0.3, 0.4) is 0 Å². The van der Waals surface area contributed by atoms with Crippen molar-refractivity contribution in [3.8, 4) is 11.5 Å². The summed E-state index contributed by atoms with van der Waals surface area (Å²) in [6.07, 6.45) is 1.62. The molecular formula is C31H38N2O5. The van der Waals surface area contributed by atoms with Gasteiger partial charge in [-0.1, -0.05) is 26.8 Å². The fourth-order valence-electron chi connectivity index (χ4n) is 5.77. The molecule has 2 aromatic carbocycles. The number of aromatic nitrogens is 1. The Morgan fingerprint density at radius 1 is 0.974 bits per heavy atom. The lowest BCUT2D eigenvalue weighted by molar-refractivity contribution is -0.139. The van der Waals surface area contributed by atoms with Gasteiger partial charge in [-0.15, -0.1) is 0 Å². The third kappa shape index (κ3) is 4.46. The highest BCUT2D eigenvalue weighted by molar-refractivity contribution is 6.02. The van der Waals surface area contributed by atoms with Crippen molar-refractivity contribution in [2.24, 2.45) is 0 Å². The predicted octanol–water partition coefficient (Wildman–Crippen LogP) is 6.27. The second-order valence-corrected chi connectivity index (χ2v) is 12.9. The van der Waals surface area contributed by atoms with E-state index >= 15 is 0 Å². The predicted molar refractivity (Wildman–Crippen MR) is 147 cm³/mol. The molecule has 2 fully saturated rings. The van der Waals surface area contributed by atoms with E-state index in [0.29, 0.717) is 12.4 Å². The Morgan fingerprint density at radius 3 is 2.37 bits per heavy atom. The summed E-state index contributed by atoms with van der Waals surface area (Å²) in [4.78, 5) is 13.6. The van der Waals surface area contributed by atoms with Gasteiger partial charge < -0.3 is 28.8 Å². The number of amides is 1. The zero-order valence-electron chi connectivity index (χ0n) is 23.4. The molecule has 0 spiro atoms. The largest absolute Gasteiger partial charge is 0.449 e. The maximum Gasteiger partial charge on any atom is 0.246 e. The number of ether oxygens (including phenoxy) is 4. The summed E-state index contributed by atoms with van der Waals surface area (Å²) in [5.41, 5.74) is 3.54. The standard InChI is InChI=1S/C31H38N2O5/c1-28(2,3)26-15-19-14-21(9-10-23(19)33(26)17-22-18-35-29(4,5)36-22)32-27(34)31(12-13-31)20-8-11-24-25(16-20)38-30(6,7)37-24/h8-11,14-16,22H,12-13,17-18H2,1-7H3,(H,32,34). The van der Waals surface area contributed by atoms with Gasteiger partial charge in [0.15, 0.2) is 17.3 Å². The number of nitrogens with one attached hydrogen (secondary N) is 1. The Labute approximate surface area is 224 Å². The third-order valence-corrected chi connectivity index (χ3v) is 7.77. The lowest BCUT2D eigenvalue weighted by Crippen LogP contribution is -2.29. The van der Waals surface area contributed by atoms with Crippen molar-refractivity contribution in [2.75, 3.05) is 11.9 Å². The molecule has 38 heavy (non-hydrogen) atoms. The molecule has 0 radical (unpaired) electrons. The molecule has 3 heterocycles. The molecule has 1 saturated heterocycles. The lowest BCUT2D eigenvalue weighted by atomic mass is 9.92. The van der Waals surface area contributed by atoms with Crippen LogP contribution in [-0.2, 0) is 31.6 Å². The number of fused-ring (bicyclic) bond motifs is 2. The number of nitrogens with zero attached hydrogens (tertiary/aromatic N) is 1. The van der Waals surface area contributed by atoms with Gasteiger partial charge in [-0.05, 0) is 68.7 Å². The van der Waals surface area contributed by atoms with Crippen molar-refractivity contribution >= 4 is 22.5 Å². The van der Waals surface area contributed by atoms with Gasteiger partial charge in [0, 0.05) is 41.5 Å². The molecular weight excluding hydrogens is 480 g/mol. The molecule has 1 aliphatic carbocycles. The van der Waals surface area contributed by atoms with Crippen molar-refractivity contribution in [3.05, 3.63) is 53.7 Å². The lowest BCUT2D eigenvalue weighted by Gasteiger charge is -2.24. The van der Waals surface area contributed by atoms with E-state index in [1.807, 2.05) is 52.0 Å². The first-order valence-corrected chi connectivity index (χ1v) is 13.5. The Bertz CT molecular complexity index is 1420. The van der Waals surface area contributed by atoms with E-state index in [2.05, 4.69) is 48.9 Å². The zero-order valence-corrected chi connectivity index (χ0v) is 23.4. The second-order valence-electron chi connectivity index (χ2n) is 12.9. The monoisotopic (exact) mass is 518 g/mol. The minimum atomic E-state index is -0.690. The van der Waals surface area contributed by atoms with Crippen LogP contribution in [0.15, 0.2) is 42.5 Å². The van der Waals surface area contributed by atoms with E-state index in [9.17, 15) is 4.79 Å². The molecule has 1 amide bonds. The number of anilines is 1. The normalized spacial score (nSPS) is 22.6. The molecule has 1 aromatic heterocycles. The molecule has 2 aliphatic heterocycles. The first-order chi connectivity index (χ1) is 17.7. The fourth-order valence-corrected chi connectivity index (χ4v) is 5.77. The number of carbonyl (C=O) groups excluding carboxylic acids is 1. The number of carbonyl (C=O) groups is 1. The second kappa shape index (κ2) is 8.23. The van der Waals surface area contributed by atoms with Gasteiger partial charge in [0.1, 0.15) is 6.10 Å². The van der Waals surface area contributed by atoms with Crippen LogP contribution in [0.4, 0.5) is 5.69 Å². The highest BCUT2D eigenvalue weighted by Gasteiger charge is 2.52. The van der Waals surface area contributed by atoms with Crippen molar-refractivity contribution < 1.29 is 23.7 Å². The van der Waals surface area contributed by atoms with E-state index in [1.165, 1.54) is 5.69 Å². The molecule has 3 aromatic rings. The van der Waals surface area contributed by atoms with Crippen molar-refractivity contribution in [2.45, 2.75) is 96.4 Å². The smallest absolute Gasteiger partial charge is 0.246 e. The summed E-state index contributed by atoms with van der Waals surface area (Å²) in [5.74, 6) is 0.191. The maximum absolute atomic E-state index is 13.6. The molecule has 1 unspecified atom stereocenters. The molecule has 1 saturated carbocycles.